The van der Waals surface area contributed by atoms with Crippen molar-refractivity contribution in [3.8, 4) is 0 Å². The first kappa shape index (κ1) is 18.4. The topological polar surface area (TPSA) is 104 Å². The summed E-state index contributed by atoms with van der Waals surface area (Å²) in [4.78, 5) is 23.0. The van der Waals surface area contributed by atoms with Crippen molar-refractivity contribution in [1.82, 2.24) is 5.32 Å². The number of nitro groups is 1. The normalized spacial score (nSPS) is 11.6. The van der Waals surface area contributed by atoms with Crippen LogP contribution in [0.3, 0.4) is 0 Å². The summed E-state index contributed by atoms with van der Waals surface area (Å²) >= 11 is 0. The number of nitrogens with one attached hydrogen (secondary N) is 2. The molecule has 0 bridgehead atoms. The van der Waals surface area contributed by atoms with Gasteiger partial charge in [0.25, 0.3) is 11.6 Å². The van der Waals surface area contributed by atoms with Gasteiger partial charge in [-0.2, -0.15) is 0 Å². The van der Waals surface area contributed by atoms with E-state index in [2.05, 4.69) is 10.6 Å². The fourth-order valence-electron chi connectivity index (χ4n) is 2.34. The zero-order chi connectivity index (χ0) is 18.2. The van der Waals surface area contributed by atoms with Crippen LogP contribution in [0.25, 0.3) is 0 Å². The fourth-order valence-corrected chi connectivity index (χ4v) is 2.34. The van der Waals surface area contributed by atoms with Crippen molar-refractivity contribution in [1.29, 1.82) is 0 Å². The molecule has 7 heteroatoms. The Morgan fingerprint density at radius 1 is 1.24 bits per heavy atom. The van der Waals surface area contributed by atoms with Gasteiger partial charge < -0.3 is 15.7 Å². The Hall–Kier alpha value is -2.93. The Labute approximate surface area is 145 Å². The van der Waals surface area contributed by atoms with Crippen molar-refractivity contribution in [2.45, 2.75) is 25.9 Å². The third kappa shape index (κ3) is 5.29. The van der Waals surface area contributed by atoms with Crippen LogP contribution in [0.5, 0.6) is 0 Å². The molecule has 2 aromatic rings. The van der Waals surface area contributed by atoms with Crippen LogP contribution in [-0.2, 0) is 6.54 Å². The zero-order valence-electron chi connectivity index (χ0n) is 13.9. The Morgan fingerprint density at radius 3 is 2.60 bits per heavy atom. The largest absolute Gasteiger partial charge is 0.396 e. The van der Waals surface area contributed by atoms with Crippen molar-refractivity contribution < 1.29 is 14.8 Å². The maximum atomic E-state index is 12.2. The van der Waals surface area contributed by atoms with Gasteiger partial charge in [-0.05, 0) is 31.0 Å². The summed E-state index contributed by atoms with van der Waals surface area (Å²) in [7, 11) is 0. The number of carbonyl (C=O) groups is 1. The van der Waals surface area contributed by atoms with E-state index in [1.54, 1.807) is 13.0 Å². The summed E-state index contributed by atoms with van der Waals surface area (Å²) in [6, 6.07) is 13.7. The van der Waals surface area contributed by atoms with Crippen LogP contribution in [0.2, 0.25) is 0 Å². The first-order valence-electron chi connectivity index (χ1n) is 7.99. The maximum absolute atomic E-state index is 12.2. The maximum Gasteiger partial charge on any atom is 0.293 e. The van der Waals surface area contributed by atoms with Gasteiger partial charge in [0.15, 0.2) is 0 Å². The number of carbonyl (C=O) groups excluding carboxylic acids is 1. The van der Waals surface area contributed by atoms with Crippen LogP contribution in [0.4, 0.5) is 11.4 Å². The van der Waals surface area contributed by atoms with Crippen molar-refractivity contribution in [3.63, 3.8) is 0 Å². The molecule has 0 saturated heterocycles. The molecule has 0 aliphatic rings. The molecule has 0 spiro atoms. The quantitative estimate of drug-likeness (QED) is 0.505. The van der Waals surface area contributed by atoms with Crippen molar-refractivity contribution >= 4 is 17.3 Å². The number of anilines is 1. The van der Waals surface area contributed by atoms with Gasteiger partial charge in [-0.3, -0.25) is 14.9 Å². The van der Waals surface area contributed by atoms with Crippen LogP contribution in [0.1, 0.15) is 29.3 Å². The number of nitrogens with zero attached hydrogens (tertiary/aromatic N) is 1. The highest BCUT2D eigenvalue weighted by Crippen LogP contribution is 2.26. The third-order valence-corrected chi connectivity index (χ3v) is 3.72. The molecule has 1 amide bonds. The zero-order valence-corrected chi connectivity index (χ0v) is 13.9. The Bertz CT molecular complexity index is 734. The number of hydrogen-bond donors (Lipinski definition) is 3. The van der Waals surface area contributed by atoms with Gasteiger partial charge in [-0.25, -0.2) is 0 Å². The number of aliphatic hydroxyl groups is 1. The average molecular weight is 343 g/mol. The first-order chi connectivity index (χ1) is 12.0. The highest BCUT2D eigenvalue weighted by atomic mass is 16.6. The molecule has 0 saturated carbocycles. The minimum absolute atomic E-state index is 0.0378. The predicted molar refractivity (Wildman–Crippen MR) is 95.5 cm³/mol. The summed E-state index contributed by atoms with van der Waals surface area (Å²) in [5.41, 5.74) is 1.41. The Morgan fingerprint density at radius 2 is 1.96 bits per heavy atom. The van der Waals surface area contributed by atoms with Gasteiger partial charge in [-0.15, -0.1) is 0 Å². The van der Waals surface area contributed by atoms with Crippen molar-refractivity contribution in [2.24, 2.45) is 0 Å². The van der Waals surface area contributed by atoms with E-state index in [9.17, 15) is 14.9 Å². The molecule has 2 rings (SSSR count). The second-order valence-corrected chi connectivity index (χ2v) is 5.71. The van der Waals surface area contributed by atoms with E-state index < -0.39 is 10.8 Å². The molecule has 7 nitrogen and oxygen atoms in total. The molecular weight excluding hydrogens is 322 g/mol. The predicted octanol–water partition coefficient (Wildman–Crippen LogP) is 2.71. The van der Waals surface area contributed by atoms with E-state index in [0.29, 0.717) is 18.7 Å². The molecule has 25 heavy (non-hydrogen) atoms. The number of rotatable bonds is 8. The van der Waals surface area contributed by atoms with E-state index >= 15 is 0 Å². The van der Waals surface area contributed by atoms with E-state index in [1.807, 2.05) is 30.3 Å². The molecule has 0 aliphatic carbocycles. The van der Waals surface area contributed by atoms with Crippen LogP contribution in [0, 0.1) is 10.1 Å². The molecule has 1 atom stereocenters. The average Bonchev–Trinajstić information content (AvgIpc) is 2.60. The van der Waals surface area contributed by atoms with E-state index in [-0.39, 0.29) is 23.9 Å². The van der Waals surface area contributed by atoms with Gasteiger partial charge in [0.2, 0.25) is 0 Å². The SMILES string of the molecule is CC(CCO)NC(=O)c1ccc(NCc2ccccc2)c([N+](=O)[O-])c1. The summed E-state index contributed by atoms with van der Waals surface area (Å²) in [5.74, 6) is -0.404. The lowest BCUT2D eigenvalue weighted by Crippen LogP contribution is -2.33. The monoisotopic (exact) mass is 343 g/mol. The second kappa shape index (κ2) is 8.79. The first-order valence-corrected chi connectivity index (χ1v) is 7.99. The number of amides is 1. The van der Waals surface area contributed by atoms with Crippen LogP contribution >= 0.6 is 0 Å². The summed E-state index contributed by atoms with van der Waals surface area (Å²) in [6.07, 6.45) is 0.421. The lowest BCUT2D eigenvalue weighted by Gasteiger charge is -2.13. The van der Waals surface area contributed by atoms with Gasteiger partial charge in [0.05, 0.1) is 4.92 Å². The Balaban J connectivity index is 2.14. The van der Waals surface area contributed by atoms with Gasteiger partial charge in [-0.1, -0.05) is 30.3 Å². The molecule has 2 aromatic carbocycles. The minimum atomic E-state index is -0.513. The number of nitro benzene ring substituents is 1. The van der Waals surface area contributed by atoms with Gasteiger partial charge >= 0.3 is 0 Å². The van der Waals surface area contributed by atoms with Crippen molar-refractivity contribution in [3.05, 3.63) is 69.8 Å². The molecule has 0 heterocycles. The summed E-state index contributed by atoms with van der Waals surface area (Å²) in [5, 5.41) is 25.9. The van der Waals surface area contributed by atoms with E-state index in [0.717, 1.165) is 5.56 Å². The molecule has 1 unspecified atom stereocenters. The molecule has 0 aromatic heterocycles. The van der Waals surface area contributed by atoms with Crippen LogP contribution in [0.15, 0.2) is 48.5 Å². The van der Waals surface area contributed by atoms with Gasteiger partial charge in [0.1, 0.15) is 5.69 Å². The standard InChI is InChI=1S/C18H21N3O4/c1-13(9-10-22)20-18(23)15-7-8-16(17(11-15)21(24)25)19-12-14-5-3-2-4-6-14/h2-8,11,13,19,22H,9-10,12H2,1H3,(H,20,23). The highest BCUT2D eigenvalue weighted by Gasteiger charge is 2.18. The minimum Gasteiger partial charge on any atom is -0.396 e. The number of benzene rings is 2. The lowest BCUT2D eigenvalue weighted by atomic mass is 10.1. The smallest absolute Gasteiger partial charge is 0.293 e. The molecule has 3 N–H and O–H groups in total. The summed E-state index contributed by atoms with van der Waals surface area (Å²) in [6.45, 7) is 2.17. The molecule has 0 radical (unpaired) electrons. The Kier molecular flexibility index (Phi) is 6.47. The van der Waals surface area contributed by atoms with Gasteiger partial charge in [0, 0.05) is 30.8 Å². The molecule has 0 aliphatic heterocycles. The lowest BCUT2D eigenvalue weighted by molar-refractivity contribution is -0.384. The van der Waals surface area contributed by atoms with E-state index in [4.69, 9.17) is 5.11 Å². The fraction of sp³-hybridized carbons (Fsp3) is 0.278. The molecular formula is C18H21N3O4. The van der Waals surface area contributed by atoms with Crippen LogP contribution < -0.4 is 10.6 Å². The molecule has 0 fully saturated rings. The highest BCUT2D eigenvalue weighted by molar-refractivity contribution is 5.95. The summed E-state index contributed by atoms with van der Waals surface area (Å²) < 4.78 is 0. The third-order valence-electron chi connectivity index (χ3n) is 3.72. The molecule has 132 valence electrons. The van der Waals surface area contributed by atoms with Crippen LogP contribution in [-0.4, -0.2) is 28.6 Å². The number of aliphatic hydroxyl groups excluding tert-OH is 1. The number of hydrogen-bond acceptors (Lipinski definition) is 5. The van der Waals surface area contributed by atoms with Crippen molar-refractivity contribution in [2.75, 3.05) is 11.9 Å². The second-order valence-electron chi connectivity index (χ2n) is 5.71. The van der Waals surface area contributed by atoms with E-state index in [1.165, 1.54) is 12.1 Å².